The number of carbonyl (C=O) groups is 2. The number of thiophene rings is 1. The van der Waals surface area contributed by atoms with Crippen LogP contribution in [0.4, 0.5) is 5.00 Å². The van der Waals surface area contributed by atoms with E-state index < -0.39 is 0 Å². The Morgan fingerprint density at radius 2 is 2.17 bits per heavy atom. The smallest absolute Gasteiger partial charge is 0.254 e. The van der Waals surface area contributed by atoms with Crippen LogP contribution in [0.5, 0.6) is 0 Å². The lowest BCUT2D eigenvalue weighted by Crippen LogP contribution is -2.25. The van der Waals surface area contributed by atoms with Crippen LogP contribution in [0.15, 0.2) is 28.9 Å². The zero-order chi connectivity index (χ0) is 16.9. The fourth-order valence-corrected chi connectivity index (χ4v) is 4.13. The highest BCUT2D eigenvalue weighted by Crippen LogP contribution is 2.38. The molecule has 1 aliphatic rings. The first-order chi connectivity index (χ1) is 11.7. The van der Waals surface area contributed by atoms with Crippen molar-refractivity contribution in [1.82, 2.24) is 5.32 Å². The summed E-state index contributed by atoms with van der Waals surface area (Å²) in [6.07, 6.45) is 8.67. The van der Waals surface area contributed by atoms with Crippen molar-refractivity contribution in [3.63, 3.8) is 0 Å². The minimum absolute atomic E-state index is 0.109. The van der Waals surface area contributed by atoms with Crippen LogP contribution in [-0.2, 0) is 17.6 Å². The molecule has 2 aromatic rings. The fraction of sp³-hybridized carbons (Fsp3) is 0.333. The Balaban J connectivity index is 1.82. The largest absolute Gasteiger partial charge is 0.465 e. The number of rotatable bonds is 5. The molecule has 3 rings (SSSR count). The van der Waals surface area contributed by atoms with Crippen LogP contribution in [0.1, 0.15) is 46.3 Å². The number of fused-ring (bicyclic) bond motifs is 1. The van der Waals surface area contributed by atoms with Crippen LogP contribution in [-0.4, -0.2) is 18.4 Å². The molecule has 2 heterocycles. The van der Waals surface area contributed by atoms with Crippen molar-refractivity contribution in [2.45, 2.75) is 32.6 Å². The molecule has 0 atom stereocenters. The third kappa shape index (κ3) is 3.59. The lowest BCUT2D eigenvalue weighted by molar-refractivity contribution is -0.111. The van der Waals surface area contributed by atoms with E-state index in [1.54, 1.807) is 24.5 Å². The Bertz CT molecular complexity index is 760. The van der Waals surface area contributed by atoms with Crippen molar-refractivity contribution < 1.29 is 14.0 Å². The first-order valence-electron chi connectivity index (χ1n) is 8.14. The number of aryl methyl sites for hydroxylation is 1. The maximum absolute atomic E-state index is 12.4. The van der Waals surface area contributed by atoms with Gasteiger partial charge in [-0.2, -0.15) is 0 Å². The van der Waals surface area contributed by atoms with Crippen molar-refractivity contribution in [1.29, 1.82) is 0 Å². The van der Waals surface area contributed by atoms with Gasteiger partial charge in [0.1, 0.15) is 10.8 Å². The topological polar surface area (TPSA) is 71.3 Å². The molecule has 6 heteroatoms. The molecule has 2 amide bonds. The van der Waals surface area contributed by atoms with Gasteiger partial charge in [0.05, 0.1) is 11.8 Å². The third-order valence-electron chi connectivity index (χ3n) is 3.91. The van der Waals surface area contributed by atoms with E-state index in [1.807, 2.05) is 6.92 Å². The maximum Gasteiger partial charge on any atom is 0.254 e. The van der Waals surface area contributed by atoms with E-state index in [0.717, 1.165) is 31.2 Å². The van der Waals surface area contributed by atoms with Gasteiger partial charge in [0, 0.05) is 17.5 Å². The van der Waals surface area contributed by atoms with Crippen LogP contribution >= 0.6 is 11.3 Å². The molecule has 0 saturated heterocycles. The molecule has 0 aliphatic heterocycles. The van der Waals surface area contributed by atoms with Crippen LogP contribution in [0, 0.1) is 0 Å². The molecule has 0 aromatic carbocycles. The molecule has 126 valence electrons. The molecule has 1 aliphatic carbocycles. The lowest BCUT2D eigenvalue weighted by atomic mass is 9.95. The molecule has 0 bridgehead atoms. The van der Waals surface area contributed by atoms with E-state index in [2.05, 4.69) is 10.6 Å². The predicted octanol–water partition coefficient (Wildman–Crippen LogP) is 3.62. The SMILES string of the molecule is CCNC(=O)c1c(NC(=O)C=Cc2ccco2)sc2c1CCCC2. The Labute approximate surface area is 144 Å². The van der Waals surface area contributed by atoms with Gasteiger partial charge in [-0.1, -0.05) is 0 Å². The summed E-state index contributed by atoms with van der Waals surface area (Å²) in [4.78, 5) is 25.8. The summed E-state index contributed by atoms with van der Waals surface area (Å²) in [5.74, 6) is 0.234. The molecule has 0 radical (unpaired) electrons. The molecule has 24 heavy (non-hydrogen) atoms. The fourth-order valence-electron chi connectivity index (χ4n) is 2.84. The van der Waals surface area contributed by atoms with Gasteiger partial charge in [0.2, 0.25) is 5.91 Å². The Morgan fingerprint density at radius 3 is 2.92 bits per heavy atom. The van der Waals surface area contributed by atoms with Crippen molar-refractivity contribution in [3.05, 3.63) is 46.2 Å². The third-order valence-corrected chi connectivity index (χ3v) is 5.12. The maximum atomic E-state index is 12.4. The molecular formula is C18H20N2O3S. The van der Waals surface area contributed by atoms with E-state index in [9.17, 15) is 9.59 Å². The number of furan rings is 1. The summed E-state index contributed by atoms with van der Waals surface area (Å²) >= 11 is 1.52. The number of nitrogens with one attached hydrogen (secondary N) is 2. The van der Waals surface area contributed by atoms with E-state index in [-0.39, 0.29) is 11.8 Å². The number of hydrogen-bond donors (Lipinski definition) is 2. The second kappa shape index (κ2) is 7.49. The molecule has 0 saturated carbocycles. The van der Waals surface area contributed by atoms with Crippen molar-refractivity contribution in [2.75, 3.05) is 11.9 Å². The summed E-state index contributed by atoms with van der Waals surface area (Å²) in [7, 11) is 0. The van der Waals surface area contributed by atoms with Crippen LogP contribution in [0.3, 0.4) is 0 Å². The van der Waals surface area contributed by atoms with E-state index in [4.69, 9.17) is 4.42 Å². The predicted molar refractivity (Wildman–Crippen MR) is 95.3 cm³/mol. The first-order valence-corrected chi connectivity index (χ1v) is 8.96. The van der Waals surface area contributed by atoms with Gasteiger partial charge in [-0.15, -0.1) is 11.3 Å². The van der Waals surface area contributed by atoms with E-state index >= 15 is 0 Å². The van der Waals surface area contributed by atoms with Gasteiger partial charge in [-0.05, 0) is 56.4 Å². The van der Waals surface area contributed by atoms with E-state index in [0.29, 0.717) is 22.9 Å². The summed E-state index contributed by atoms with van der Waals surface area (Å²) in [6.45, 7) is 2.45. The molecule has 0 unspecified atom stereocenters. The van der Waals surface area contributed by atoms with E-state index in [1.165, 1.54) is 22.3 Å². The van der Waals surface area contributed by atoms with Gasteiger partial charge in [0.15, 0.2) is 0 Å². The average Bonchev–Trinajstić information content (AvgIpc) is 3.20. The molecule has 0 fully saturated rings. The van der Waals surface area contributed by atoms with Gasteiger partial charge in [0.25, 0.3) is 5.91 Å². The summed E-state index contributed by atoms with van der Waals surface area (Å²) in [5, 5.41) is 6.35. The number of amides is 2. The zero-order valence-corrected chi connectivity index (χ0v) is 14.4. The Kier molecular flexibility index (Phi) is 5.15. The Hall–Kier alpha value is -2.34. The highest BCUT2D eigenvalue weighted by molar-refractivity contribution is 7.17. The molecular weight excluding hydrogens is 324 g/mol. The van der Waals surface area contributed by atoms with Gasteiger partial charge in [-0.3, -0.25) is 9.59 Å². The Morgan fingerprint density at radius 1 is 1.33 bits per heavy atom. The summed E-state index contributed by atoms with van der Waals surface area (Å²) in [6, 6.07) is 3.53. The minimum Gasteiger partial charge on any atom is -0.465 e. The van der Waals surface area contributed by atoms with Crippen LogP contribution in [0.25, 0.3) is 6.08 Å². The lowest BCUT2D eigenvalue weighted by Gasteiger charge is -2.12. The van der Waals surface area contributed by atoms with Crippen molar-refractivity contribution in [3.8, 4) is 0 Å². The molecule has 5 nitrogen and oxygen atoms in total. The number of hydrogen-bond acceptors (Lipinski definition) is 4. The number of carbonyl (C=O) groups excluding carboxylic acids is 2. The second-order valence-corrected chi connectivity index (χ2v) is 6.72. The molecule has 2 N–H and O–H groups in total. The van der Waals surface area contributed by atoms with Gasteiger partial charge in [-0.25, -0.2) is 0 Å². The quantitative estimate of drug-likeness (QED) is 0.814. The molecule has 0 spiro atoms. The highest BCUT2D eigenvalue weighted by Gasteiger charge is 2.25. The van der Waals surface area contributed by atoms with Crippen molar-refractivity contribution in [2.24, 2.45) is 0 Å². The van der Waals surface area contributed by atoms with Gasteiger partial charge < -0.3 is 15.1 Å². The number of anilines is 1. The summed E-state index contributed by atoms with van der Waals surface area (Å²) < 4.78 is 5.17. The van der Waals surface area contributed by atoms with Gasteiger partial charge >= 0.3 is 0 Å². The van der Waals surface area contributed by atoms with Crippen LogP contribution < -0.4 is 10.6 Å². The standard InChI is InChI=1S/C18H20N2O3S/c1-2-19-17(22)16-13-7-3-4-8-14(13)24-18(16)20-15(21)10-9-12-6-5-11-23-12/h5-6,9-11H,2-4,7-8H2,1H3,(H,19,22)(H,20,21). The normalized spacial score (nSPS) is 13.7. The van der Waals surface area contributed by atoms with Crippen LogP contribution in [0.2, 0.25) is 0 Å². The monoisotopic (exact) mass is 344 g/mol. The molecule has 2 aromatic heterocycles. The minimum atomic E-state index is -0.268. The average molecular weight is 344 g/mol. The second-order valence-electron chi connectivity index (χ2n) is 5.61. The first kappa shape index (κ1) is 16.5. The van der Waals surface area contributed by atoms with Crippen molar-refractivity contribution >= 4 is 34.2 Å². The summed E-state index contributed by atoms with van der Waals surface area (Å²) in [5.41, 5.74) is 1.74. The highest BCUT2D eigenvalue weighted by atomic mass is 32.1. The zero-order valence-electron chi connectivity index (χ0n) is 13.6.